The first-order valence-electron chi connectivity index (χ1n) is 12.2. The summed E-state index contributed by atoms with van der Waals surface area (Å²) in [7, 11) is 1.35. The number of thiazole rings is 1. The first kappa shape index (κ1) is 27.3. The topological polar surface area (TPSA) is 69.9 Å². The van der Waals surface area contributed by atoms with Crippen LogP contribution < -0.4 is 19.6 Å². The van der Waals surface area contributed by atoms with Crippen LogP contribution in [0.2, 0.25) is 0 Å². The standard InChI is InChI=1S/C30H24Br2N2O4S/c1-3-23-26(29(36)37-2)27(20-7-5-4-6-8-20)34-28(35)25(39-30(34)33-23)16-19-11-14-24(22(32)15-19)38-17-18-9-12-21(31)13-10-18/h4-16,27H,3,17H2,1-2H3/b25-16-/t27-/m0/s1. The smallest absolute Gasteiger partial charge is 0.338 e. The van der Waals surface area contributed by atoms with E-state index in [9.17, 15) is 9.59 Å². The summed E-state index contributed by atoms with van der Waals surface area (Å²) in [5.41, 5.74) is 3.51. The monoisotopic (exact) mass is 666 g/mol. The summed E-state index contributed by atoms with van der Waals surface area (Å²) in [6, 6.07) is 22.6. The summed E-state index contributed by atoms with van der Waals surface area (Å²) in [5.74, 6) is 0.220. The van der Waals surface area contributed by atoms with Crippen LogP contribution in [0.25, 0.3) is 6.08 Å². The van der Waals surface area contributed by atoms with Gasteiger partial charge < -0.3 is 9.47 Å². The van der Waals surface area contributed by atoms with E-state index in [0.29, 0.717) is 39.4 Å². The number of carbonyl (C=O) groups excluding carboxylic acids is 1. The highest BCUT2D eigenvalue weighted by atomic mass is 79.9. The van der Waals surface area contributed by atoms with E-state index in [-0.39, 0.29) is 5.56 Å². The van der Waals surface area contributed by atoms with Gasteiger partial charge in [0.2, 0.25) is 0 Å². The van der Waals surface area contributed by atoms with Crippen LogP contribution in [-0.4, -0.2) is 17.6 Å². The molecule has 0 unspecified atom stereocenters. The molecule has 1 aliphatic heterocycles. The molecule has 2 heterocycles. The lowest BCUT2D eigenvalue weighted by Gasteiger charge is -2.25. The van der Waals surface area contributed by atoms with Crippen molar-refractivity contribution in [2.24, 2.45) is 4.99 Å². The number of rotatable bonds is 7. The zero-order valence-electron chi connectivity index (χ0n) is 21.2. The third-order valence-electron chi connectivity index (χ3n) is 6.33. The van der Waals surface area contributed by atoms with Crippen LogP contribution in [0.1, 0.15) is 36.1 Å². The van der Waals surface area contributed by atoms with Crippen molar-refractivity contribution in [3.8, 4) is 5.75 Å². The lowest BCUT2D eigenvalue weighted by molar-refractivity contribution is -0.136. The van der Waals surface area contributed by atoms with Crippen LogP contribution >= 0.6 is 43.2 Å². The molecule has 0 spiro atoms. The van der Waals surface area contributed by atoms with Crippen molar-refractivity contribution in [3.63, 3.8) is 0 Å². The van der Waals surface area contributed by atoms with Gasteiger partial charge >= 0.3 is 5.97 Å². The maximum atomic E-state index is 13.8. The molecule has 5 rings (SSSR count). The van der Waals surface area contributed by atoms with E-state index in [2.05, 4.69) is 31.9 Å². The number of benzene rings is 3. The molecule has 9 heteroatoms. The third-order valence-corrected chi connectivity index (χ3v) is 8.46. The number of esters is 1. The molecule has 0 N–H and O–H groups in total. The molecular weight excluding hydrogens is 644 g/mol. The maximum absolute atomic E-state index is 13.8. The van der Waals surface area contributed by atoms with Crippen molar-refractivity contribution in [1.82, 2.24) is 4.57 Å². The molecule has 0 fully saturated rings. The summed E-state index contributed by atoms with van der Waals surface area (Å²) in [6.45, 7) is 2.38. The first-order chi connectivity index (χ1) is 18.9. The summed E-state index contributed by atoms with van der Waals surface area (Å²) in [6.07, 6.45) is 2.37. The molecule has 0 bridgehead atoms. The number of nitrogens with zero attached hydrogens (tertiary/aromatic N) is 2. The van der Waals surface area contributed by atoms with Gasteiger partial charge in [-0.05, 0) is 69.4 Å². The van der Waals surface area contributed by atoms with Crippen molar-refractivity contribution in [1.29, 1.82) is 0 Å². The molecule has 0 saturated heterocycles. The highest BCUT2D eigenvalue weighted by molar-refractivity contribution is 9.10. The molecule has 0 saturated carbocycles. The number of carbonyl (C=O) groups is 1. The Hall–Kier alpha value is -3.27. The Morgan fingerprint density at radius 2 is 1.82 bits per heavy atom. The van der Waals surface area contributed by atoms with Crippen LogP contribution in [0, 0.1) is 0 Å². The fraction of sp³-hybridized carbons (Fsp3) is 0.167. The number of ether oxygens (including phenoxy) is 2. The molecule has 0 aliphatic carbocycles. The quantitative estimate of drug-likeness (QED) is 0.230. The highest BCUT2D eigenvalue weighted by Gasteiger charge is 2.33. The predicted octanol–water partition coefficient (Wildman–Crippen LogP) is 5.90. The van der Waals surface area contributed by atoms with E-state index in [1.54, 1.807) is 4.57 Å². The number of hydrogen-bond acceptors (Lipinski definition) is 6. The van der Waals surface area contributed by atoms with E-state index < -0.39 is 12.0 Å². The summed E-state index contributed by atoms with van der Waals surface area (Å²) >= 11 is 8.35. The SMILES string of the molecule is CCC1=C(C(=O)OC)[C@H](c2ccccc2)n2c(s/c(=C\c3ccc(OCc4ccc(Br)cc4)c(Br)c3)c2=O)=N1. The second kappa shape index (κ2) is 11.9. The molecule has 1 atom stereocenters. The predicted molar refractivity (Wildman–Crippen MR) is 159 cm³/mol. The normalized spacial score (nSPS) is 15.1. The van der Waals surface area contributed by atoms with Gasteiger partial charge in [0.1, 0.15) is 12.4 Å². The Bertz CT molecular complexity index is 1740. The second-order valence-electron chi connectivity index (χ2n) is 8.80. The van der Waals surface area contributed by atoms with Gasteiger partial charge in [-0.15, -0.1) is 0 Å². The molecule has 198 valence electrons. The minimum atomic E-state index is -0.617. The van der Waals surface area contributed by atoms with Gasteiger partial charge in [0.25, 0.3) is 5.56 Å². The van der Waals surface area contributed by atoms with Gasteiger partial charge in [0, 0.05) is 4.47 Å². The molecular formula is C30H24Br2N2O4S. The molecule has 0 radical (unpaired) electrons. The molecule has 1 aliphatic rings. The Labute approximate surface area is 246 Å². The Morgan fingerprint density at radius 3 is 2.49 bits per heavy atom. The van der Waals surface area contributed by atoms with E-state index in [1.165, 1.54) is 18.4 Å². The molecule has 39 heavy (non-hydrogen) atoms. The number of methoxy groups -OCH3 is 1. The second-order valence-corrected chi connectivity index (χ2v) is 11.6. The number of hydrogen-bond donors (Lipinski definition) is 0. The summed E-state index contributed by atoms with van der Waals surface area (Å²) in [5, 5.41) is 0. The van der Waals surface area contributed by atoms with Crippen molar-refractivity contribution in [2.45, 2.75) is 26.0 Å². The molecule has 6 nitrogen and oxygen atoms in total. The van der Waals surface area contributed by atoms with Gasteiger partial charge in [0.05, 0.1) is 33.4 Å². The third kappa shape index (κ3) is 5.71. The van der Waals surface area contributed by atoms with Crippen molar-refractivity contribution in [3.05, 3.63) is 129 Å². The molecule has 0 amide bonds. The largest absolute Gasteiger partial charge is 0.488 e. The number of halogens is 2. The number of allylic oxidation sites excluding steroid dienone is 1. The maximum Gasteiger partial charge on any atom is 0.338 e. The Balaban J connectivity index is 1.53. The van der Waals surface area contributed by atoms with Crippen molar-refractivity contribution in [2.75, 3.05) is 7.11 Å². The van der Waals surface area contributed by atoms with Gasteiger partial charge in [-0.3, -0.25) is 9.36 Å². The van der Waals surface area contributed by atoms with Gasteiger partial charge in [-0.25, -0.2) is 9.79 Å². The first-order valence-corrected chi connectivity index (χ1v) is 14.6. The average Bonchev–Trinajstić information content (AvgIpc) is 3.26. The molecule has 4 aromatic rings. The minimum Gasteiger partial charge on any atom is -0.488 e. The van der Waals surface area contributed by atoms with Crippen LogP contribution in [-0.2, 0) is 16.1 Å². The van der Waals surface area contributed by atoms with Crippen molar-refractivity contribution < 1.29 is 14.3 Å². The van der Waals surface area contributed by atoms with E-state index in [4.69, 9.17) is 14.5 Å². The highest BCUT2D eigenvalue weighted by Crippen LogP contribution is 2.32. The minimum absolute atomic E-state index is 0.212. The van der Waals surface area contributed by atoms with Gasteiger partial charge in [-0.1, -0.05) is 82.7 Å². The van der Waals surface area contributed by atoms with E-state index in [0.717, 1.165) is 25.6 Å². The van der Waals surface area contributed by atoms with Gasteiger partial charge in [-0.2, -0.15) is 0 Å². The Kier molecular flexibility index (Phi) is 8.30. The summed E-state index contributed by atoms with van der Waals surface area (Å²) in [4.78, 5) is 31.9. The summed E-state index contributed by atoms with van der Waals surface area (Å²) < 4.78 is 15.0. The fourth-order valence-electron chi connectivity index (χ4n) is 4.43. The van der Waals surface area contributed by atoms with E-state index in [1.807, 2.05) is 85.8 Å². The number of aromatic nitrogens is 1. The van der Waals surface area contributed by atoms with Crippen LogP contribution in [0.3, 0.4) is 0 Å². The van der Waals surface area contributed by atoms with Crippen LogP contribution in [0.4, 0.5) is 0 Å². The van der Waals surface area contributed by atoms with Gasteiger partial charge in [0.15, 0.2) is 4.80 Å². The zero-order chi connectivity index (χ0) is 27.5. The average molecular weight is 668 g/mol. The fourth-order valence-corrected chi connectivity index (χ4v) is 6.23. The van der Waals surface area contributed by atoms with Crippen molar-refractivity contribution >= 4 is 55.2 Å². The molecule has 1 aromatic heterocycles. The lowest BCUT2D eigenvalue weighted by Crippen LogP contribution is -2.40. The number of fused-ring (bicyclic) bond motifs is 1. The van der Waals surface area contributed by atoms with E-state index >= 15 is 0 Å². The Morgan fingerprint density at radius 1 is 1.08 bits per heavy atom. The zero-order valence-corrected chi connectivity index (χ0v) is 25.2. The van der Waals surface area contributed by atoms with Crippen LogP contribution in [0.15, 0.2) is 103 Å². The van der Waals surface area contributed by atoms with Crippen LogP contribution in [0.5, 0.6) is 5.75 Å². The molecule has 3 aromatic carbocycles. The lowest BCUT2D eigenvalue weighted by atomic mass is 9.95.